The summed E-state index contributed by atoms with van der Waals surface area (Å²) in [5, 5.41) is 5.07. The lowest BCUT2D eigenvalue weighted by atomic mass is 10.0. The summed E-state index contributed by atoms with van der Waals surface area (Å²) in [6.07, 6.45) is 0. The van der Waals surface area contributed by atoms with Crippen LogP contribution in [0.4, 0.5) is 14.5 Å². The fraction of sp³-hybridized carbons (Fsp3) is 0.263. The SMILES string of the molecule is Cc1ccccc1C(=O)N[C@H](C(=O)Nc1ccc(F)cc1F)C(C)C. The molecule has 0 aliphatic rings. The Kier molecular flexibility index (Phi) is 5.85. The Morgan fingerprint density at radius 1 is 1.04 bits per heavy atom. The predicted octanol–water partition coefficient (Wildman–Crippen LogP) is 3.67. The van der Waals surface area contributed by atoms with Crippen LogP contribution in [0, 0.1) is 24.5 Å². The molecule has 0 saturated heterocycles. The third-order valence-corrected chi connectivity index (χ3v) is 3.81. The summed E-state index contributed by atoms with van der Waals surface area (Å²) in [6, 6.07) is 9.03. The maximum absolute atomic E-state index is 13.7. The van der Waals surface area contributed by atoms with Crippen molar-refractivity contribution in [2.45, 2.75) is 26.8 Å². The molecule has 2 aromatic rings. The van der Waals surface area contributed by atoms with Crippen LogP contribution < -0.4 is 10.6 Å². The van der Waals surface area contributed by atoms with Gasteiger partial charge in [0, 0.05) is 11.6 Å². The molecule has 132 valence electrons. The molecule has 2 aromatic carbocycles. The molecule has 0 aromatic heterocycles. The lowest BCUT2D eigenvalue weighted by molar-refractivity contribution is -0.118. The zero-order valence-electron chi connectivity index (χ0n) is 14.3. The van der Waals surface area contributed by atoms with Crippen LogP contribution in [-0.2, 0) is 4.79 Å². The second-order valence-electron chi connectivity index (χ2n) is 6.12. The van der Waals surface area contributed by atoms with E-state index in [-0.39, 0.29) is 17.5 Å². The van der Waals surface area contributed by atoms with Gasteiger partial charge in [0.05, 0.1) is 5.69 Å². The van der Waals surface area contributed by atoms with E-state index in [0.29, 0.717) is 11.6 Å². The van der Waals surface area contributed by atoms with Gasteiger partial charge >= 0.3 is 0 Å². The van der Waals surface area contributed by atoms with E-state index in [1.807, 2.05) is 6.07 Å². The van der Waals surface area contributed by atoms with Crippen molar-refractivity contribution in [3.05, 3.63) is 65.2 Å². The molecule has 2 N–H and O–H groups in total. The lowest BCUT2D eigenvalue weighted by Gasteiger charge is -2.22. The first-order valence-corrected chi connectivity index (χ1v) is 7.92. The van der Waals surface area contributed by atoms with Crippen LogP contribution in [0.2, 0.25) is 0 Å². The summed E-state index contributed by atoms with van der Waals surface area (Å²) >= 11 is 0. The van der Waals surface area contributed by atoms with E-state index in [0.717, 1.165) is 17.7 Å². The summed E-state index contributed by atoms with van der Waals surface area (Å²) < 4.78 is 26.7. The number of carbonyl (C=O) groups excluding carboxylic acids is 2. The van der Waals surface area contributed by atoms with Crippen molar-refractivity contribution >= 4 is 17.5 Å². The average Bonchev–Trinajstić information content (AvgIpc) is 2.55. The molecule has 0 fully saturated rings. The molecule has 0 unspecified atom stereocenters. The van der Waals surface area contributed by atoms with Crippen molar-refractivity contribution in [2.75, 3.05) is 5.32 Å². The third-order valence-electron chi connectivity index (χ3n) is 3.81. The highest BCUT2D eigenvalue weighted by Gasteiger charge is 2.26. The quantitative estimate of drug-likeness (QED) is 0.868. The molecule has 0 aliphatic heterocycles. The van der Waals surface area contributed by atoms with Crippen molar-refractivity contribution in [3.63, 3.8) is 0 Å². The van der Waals surface area contributed by atoms with Gasteiger partial charge in [-0.05, 0) is 36.6 Å². The second kappa shape index (κ2) is 7.88. The number of halogens is 2. The zero-order chi connectivity index (χ0) is 18.6. The Balaban J connectivity index is 2.16. The Morgan fingerprint density at radius 2 is 1.72 bits per heavy atom. The number of rotatable bonds is 5. The van der Waals surface area contributed by atoms with Crippen LogP contribution in [0.1, 0.15) is 29.8 Å². The fourth-order valence-electron chi connectivity index (χ4n) is 2.38. The van der Waals surface area contributed by atoms with Crippen molar-refractivity contribution < 1.29 is 18.4 Å². The largest absolute Gasteiger partial charge is 0.340 e. The van der Waals surface area contributed by atoms with Gasteiger partial charge in [0.1, 0.15) is 17.7 Å². The summed E-state index contributed by atoms with van der Waals surface area (Å²) in [5.74, 6) is -2.78. The molecule has 1 atom stereocenters. The molecule has 0 radical (unpaired) electrons. The van der Waals surface area contributed by atoms with E-state index < -0.39 is 23.6 Å². The molecule has 2 amide bonds. The van der Waals surface area contributed by atoms with Gasteiger partial charge in [0.2, 0.25) is 5.91 Å². The van der Waals surface area contributed by atoms with Crippen LogP contribution in [0.3, 0.4) is 0 Å². The standard InChI is InChI=1S/C19H20F2N2O2/c1-11(2)17(23-18(24)14-7-5-4-6-12(14)3)19(25)22-16-9-8-13(20)10-15(16)21/h4-11,17H,1-3H3,(H,22,25)(H,23,24)/t17-/m0/s1. The molecule has 6 heteroatoms. The number of aryl methyl sites for hydroxylation is 1. The molecule has 25 heavy (non-hydrogen) atoms. The lowest BCUT2D eigenvalue weighted by Crippen LogP contribution is -2.47. The summed E-state index contributed by atoms with van der Waals surface area (Å²) in [7, 11) is 0. The van der Waals surface area contributed by atoms with E-state index in [9.17, 15) is 18.4 Å². The molecule has 0 saturated carbocycles. The van der Waals surface area contributed by atoms with E-state index in [1.54, 1.807) is 39.0 Å². The van der Waals surface area contributed by atoms with Gasteiger partial charge in [-0.25, -0.2) is 8.78 Å². The topological polar surface area (TPSA) is 58.2 Å². The number of carbonyl (C=O) groups is 2. The highest BCUT2D eigenvalue weighted by molar-refractivity contribution is 6.01. The molecule has 0 heterocycles. The van der Waals surface area contributed by atoms with Crippen molar-refractivity contribution in [1.82, 2.24) is 5.32 Å². The van der Waals surface area contributed by atoms with Crippen LogP contribution >= 0.6 is 0 Å². The van der Waals surface area contributed by atoms with Crippen molar-refractivity contribution in [2.24, 2.45) is 5.92 Å². The number of nitrogens with one attached hydrogen (secondary N) is 2. The average molecular weight is 346 g/mol. The zero-order valence-corrected chi connectivity index (χ0v) is 14.3. The van der Waals surface area contributed by atoms with E-state index >= 15 is 0 Å². The first-order valence-electron chi connectivity index (χ1n) is 7.92. The van der Waals surface area contributed by atoms with Gasteiger partial charge in [-0.3, -0.25) is 9.59 Å². The summed E-state index contributed by atoms with van der Waals surface area (Å²) in [4.78, 5) is 24.9. The first kappa shape index (κ1) is 18.6. The fourth-order valence-corrected chi connectivity index (χ4v) is 2.38. The van der Waals surface area contributed by atoms with Crippen LogP contribution in [-0.4, -0.2) is 17.9 Å². The predicted molar refractivity (Wildman–Crippen MR) is 92.3 cm³/mol. The maximum Gasteiger partial charge on any atom is 0.252 e. The van der Waals surface area contributed by atoms with Crippen LogP contribution in [0.5, 0.6) is 0 Å². The Hall–Kier alpha value is -2.76. The Morgan fingerprint density at radius 3 is 2.32 bits per heavy atom. The maximum atomic E-state index is 13.7. The van der Waals surface area contributed by atoms with Gasteiger partial charge < -0.3 is 10.6 Å². The normalized spacial score (nSPS) is 11.9. The number of benzene rings is 2. The molecule has 0 spiro atoms. The van der Waals surface area contributed by atoms with Gasteiger partial charge in [-0.2, -0.15) is 0 Å². The third kappa shape index (κ3) is 4.62. The smallest absolute Gasteiger partial charge is 0.252 e. The van der Waals surface area contributed by atoms with E-state index in [2.05, 4.69) is 10.6 Å². The molecular formula is C19H20F2N2O2. The summed E-state index contributed by atoms with van der Waals surface area (Å²) in [6.45, 7) is 5.33. The molecule has 4 nitrogen and oxygen atoms in total. The minimum atomic E-state index is -0.874. The minimum Gasteiger partial charge on any atom is -0.340 e. The molecule has 2 rings (SSSR count). The van der Waals surface area contributed by atoms with E-state index in [4.69, 9.17) is 0 Å². The number of hydrogen-bond donors (Lipinski definition) is 2. The molecule has 0 bridgehead atoms. The number of amides is 2. The Bertz CT molecular complexity index is 791. The van der Waals surface area contributed by atoms with Crippen molar-refractivity contribution in [1.29, 1.82) is 0 Å². The van der Waals surface area contributed by atoms with Crippen LogP contribution in [0.25, 0.3) is 0 Å². The van der Waals surface area contributed by atoms with E-state index in [1.165, 1.54) is 0 Å². The van der Waals surface area contributed by atoms with Crippen molar-refractivity contribution in [3.8, 4) is 0 Å². The molecule has 0 aliphatic carbocycles. The number of anilines is 1. The first-order chi connectivity index (χ1) is 11.8. The van der Waals surface area contributed by atoms with Gasteiger partial charge in [-0.1, -0.05) is 32.0 Å². The number of hydrogen-bond acceptors (Lipinski definition) is 2. The van der Waals surface area contributed by atoms with Gasteiger partial charge in [0.15, 0.2) is 0 Å². The molecular weight excluding hydrogens is 326 g/mol. The van der Waals surface area contributed by atoms with Gasteiger partial charge in [-0.15, -0.1) is 0 Å². The summed E-state index contributed by atoms with van der Waals surface area (Å²) in [5.41, 5.74) is 1.11. The second-order valence-corrected chi connectivity index (χ2v) is 6.12. The van der Waals surface area contributed by atoms with Gasteiger partial charge in [0.25, 0.3) is 5.91 Å². The minimum absolute atomic E-state index is 0.137. The van der Waals surface area contributed by atoms with Crippen LogP contribution in [0.15, 0.2) is 42.5 Å². The Labute approximate surface area is 145 Å². The highest BCUT2D eigenvalue weighted by atomic mass is 19.1. The monoisotopic (exact) mass is 346 g/mol. The highest BCUT2D eigenvalue weighted by Crippen LogP contribution is 2.16.